The van der Waals surface area contributed by atoms with Crippen LogP contribution < -0.4 is 0 Å². The zero-order chi connectivity index (χ0) is 13.0. The second kappa shape index (κ2) is 6.13. The molecule has 2 atom stereocenters. The van der Waals surface area contributed by atoms with E-state index in [9.17, 15) is 4.79 Å². The highest BCUT2D eigenvalue weighted by Crippen LogP contribution is 2.24. The van der Waals surface area contributed by atoms with Gasteiger partial charge in [0.1, 0.15) is 6.29 Å². The van der Waals surface area contributed by atoms with E-state index in [2.05, 4.69) is 23.6 Å². The zero-order valence-corrected chi connectivity index (χ0v) is 11.7. The summed E-state index contributed by atoms with van der Waals surface area (Å²) in [6.07, 6.45) is 3.29. The van der Waals surface area contributed by atoms with Gasteiger partial charge < -0.3 is 14.4 Å². The van der Waals surface area contributed by atoms with Gasteiger partial charge in [-0.3, -0.25) is 4.90 Å². The minimum absolute atomic E-state index is 0.167. The van der Waals surface area contributed by atoms with Gasteiger partial charge in [-0.05, 0) is 19.4 Å². The molecule has 0 saturated carbocycles. The predicted molar refractivity (Wildman–Crippen MR) is 71.7 cm³/mol. The summed E-state index contributed by atoms with van der Waals surface area (Å²) in [4.78, 5) is 16.2. The SMILES string of the molecule is CCC(C)(C=O)CN1CCC(N2CCOCC2)C1. The molecule has 0 aromatic carbocycles. The Kier molecular flexibility index (Phi) is 4.76. The van der Waals surface area contributed by atoms with Crippen LogP contribution in [0.4, 0.5) is 0 Å². The summed E-state index contributed by atoms with van der Waals surface area (Å²) in [6, 6.07) is 0.668. The van der Waals surface area contributed by atoms with Crippen LogP contribution in [0, 0.1) is 5.41 Å². The first-order valence-electron chi connectivity index (χ1n) is 7.17. The summed E-state index contributed by atoms with van der Waals surface area (Å²) in [6.45, 7) is 11.2. The lowest BCUT2D eigenvalue weighted by Crippen LogP contribution is -2.45. The number of rotatable bonds is 5. The number of ether oxygens (including phenoxy) is 1. The van der Waals surface area contributed by atoms with Gasteiger partial charge in [0.2, 0.25) is 0 Å². The molecule has 2 fully saturated rings. The molecule has 0 spiro atoms. The molecule has 2 rings (SSSR count). The highest BCUT2D eigenvalue weighted by atomic mass is 16.5. The molecule has 0 aromatic rings. The number of aldehydes is 1. The Morgan fingerprint density at radius 2 is 2.06 bits per heavy atom. The predicted octanol–water partition coefficient (Wildman–Crippen LogP) is 1.01. The monoisotopic (exact) mass is 254 g/mol. The molecule has 2 heterocycles. The van der Waals surface area contributed by atoms with E-state index >= 15 is 0 Å². The van der Waals surface area contributed by atoms with Crippen molar-refractivity contribution in [2.75, 3.05) is 45.9 Å². The van der Waals surface area contributed by atoms with E-state index in [4.69, 9.17) is 4.74 Å². The van der Waals surface area contributed by atoms with Crippen LogP contribution in [0.1, 0.15) is 26.7 Å². The van der Waals surface area contributed by atoms with E-state index in [1.165, 1.54) is 6.42 Å². The fraction of sp³-hybridized carbons (Fsp3) is 0.929. The normalized spacial score (nSPS) is 30.2. The van der Waals surface area contributed by atoms with Crippen molar-refractivity contribution in [3.05, 3.63) is 0 Å². The molecule has 0 aromatic heterocycles. The van der Waals surface area contributed by atoms with Crippen molar-refractivity contribution < 1.29 is 9.53 Å². The fourth-order valence-corrected chi connectivity index (χ4v) is 2.94. The van der Waals surface area contributed by atoms with E-state index in [1.54, 1.807) is 0 Å². The van der Waals surface area contributed by atoms with Crippen LogP contribution in [0.25, 0.3) is 0 Å². The summed E-state index contributed by atoms with van der Waals surface area (Å²) in [5, 5.41) is 0. The lowest BCUT2D eigenvalue weighted by atomic mass is 9.89. The van der Waals surface area contributed by atoms with Gasteiger partial charge >= 0.3 is 0 Å². The third-order valence-corrected chi connectivity index (χ3v) is 4.49. The molecular formula is C14H26N2O2. The molecular weight excluding hydrogens is 228 g/mol. The van der Waals surface area contributed by atoms with Gasteiger partial charge in [-0.25, -0.2) is 0 Å². The standard InChI is InChI=1S/C14H26N2O2/c1-3-14(2,12-17)11-15-5-4-13(10-15)16-6-8-18-9-7-16/h12-13H,3-11H2,1-2H3. The lowest BCUT2D eigenvalue weighted by molar-refractivity contribution is -0.116. The van der Waals surface area contributed by atoms with Gasteiger partial charge in [0.05, 0.1) is 13.2 Å². The number of carbonyl (C=O) groups is 1. The van der Waals surface area contributed by atoms with E-state index in [-0.39, 0.29) is 5.41 Å². The third kappa shape index (κ3) is 3.31. The smallest absolute Gasteiger partial charge is 0.127 e. The van der Waals surface area contributed by atoms with Crippen molar-refractivity contribution in [1.82, 2.24) is 9.80 Å². The van der Waals surface area contributed by atoms with Crippen molar-refractivity contribution in [2.45, 2.75) is 32.7 Å². The second-order valence-electron chi connectivity index (χ2n) is 5.95. The first-order valence-corrected chi connectivity index (χ1v) is 7.17. The summed E-state index contributed by atoms with van der Waals surface area (Å²) in [7, 11) is 0. The summed E-state index contributed by atoms with van der Waals surface area (Å²) in [5.74, 6) is 0. The molecule has 2 aliphatic heterocycles. The summed E-state index contributed by atoms with van der Waals surface area (Å²) >= 11 is 0. The van der Waals surface area contributed by atoms with Gasteiger partial charge in [-0.15, -0.1) is 0 Å². The Balaban J connectivity index is 1.82. The fourth-order valence-electron chi connectivity index (χ4n) is 2.94. The molecule has 0 aliphatic carbocycles. The van der Waals surface area contributed by atoms with Crippen LogP contribution in [-0.4, -0.2) is 68.1 Å². The van der Waals surface area contributed by atoms with Crippen molar-refractivity contribution in [3.8, 4) is 0 Å². The van der Waals surface area contributed by atoms with Crippen LogP contribution in [-0.2, 0) is 9.53 Å². The molecule has 18 heavy (non-hydrogen) atoms. The van der Waals surface area contributed by atoms with Crippen LogP contribution in [0.3, 0.4) is 0 Å². The van der Waals surface area contributed by atoms with E-state index in [1.807, 2.05) is 0 Å². The number of morpholine rings is 1. The topological polar surface area (TPSA) is 32.8 Å². The molecule has 4 heteroatoms. The lowest BCUT2D eigenvalue weighted by Gasteiger charge is -2.33. The Bertz CT molecular complexity index is 279. The highest BCUT2D eigenvalue weighted by Gasteiger charge is 2.32. The van der Waals surface area contributed by atoms with Gasteiger partial charge in [-0.1, -0.05) is 13.8 Å². The summed E-state index contributed by atoms with van der Waals surface area (Å²) in [5.41, 5.74) is -0.167. The maximum absolute atomic E-state index is 11.2. The molecule has 2 unspecified atom stereocenters. The highest BCUT2D eigenvalue weighted by molar-refractivity contribution is 5.58. The molecule has 0 amide bonds. The average molecular weight is 254 g/mol. The summed E-state index contributed by atoms with van der Waals surface area (Å²) < 4.78 is 5.40. The maximum Gasteiger partial charge on any atom is 0.127 e. The maximum atomic E-state index is 11.2. The molecule has 0 radical (unpaired) electrons. The largest absolute Gasteiger partial charge is 0.379 e. The Labute approximate surface area is 110 Å². The van der Waals surface area contributed by atoms with E-state index in [0.717, 1.165) is 58.6 Å². The number of nitrogens with zero attached hydrogens (tertiary/aromatic N) is 2. The van der Waals surface area contributed by atoms with Crippen LogP contribution in [0.15, 0.2) is 0 Å². The van der Waals surface area contributed by atoms with Crippen molar-refractivity contribution in [2.24, 2.45) is 5.41 Å². The van der Waals surface area contributed by atoms with E-state index < -0.39 is 0 Å². The van der Waals surface area contributed by atoms with Crippen LogP contribution >= 0.6 is 0 Å². The van der Waals surface area contributed by atoms with Crippen molar-refractivity contribution >= 4 is 6.29 Å². The minimum Gasteiger partial charge on any atom is -0.379 e. The second-order valence-corrected chi connectivity index (χ2v) is 5.95. The first-order chi connectivity index (χ1) is 8.67. The van der Waals surface area contributed by atoms with Gasteiger partial charge in [0.15, 0.2) is 0 Å². The Morgan fingerprint density at radius 1 is 1.33 bits per heavy atom. The van der Waals surface area contributed by atoms with Gasteiger partial charge in [0, 0.05) is 37.6 Å². The Morgan fingerprint density at radius 3 is 2.67 bits per heavy atom. The van der Waals surface area contributed by atoms with Crippen molar-refractivity contribution in [1.29, 1.82) is 0 Å². The molecule has 4 nitrogen and oxygen atoms in total. The molecule has 104 valence electrons. The first kappa shape index (κ1) is 14.0. The third-order valence-electron chi connectivity index (χ3n) is 4.49. The average Bonchev–Trinajstić information content (AvgIpc) is 2.88. The quantitative estimate of drug-likeness (QED) is 0.686. The van der Waals surface area contributed by atoms with Crippen molar-refractivity contribution in [3.63, 3.8) is 0 Å². The number of hydrogen-bond acceptors (Lipinski definition) is 4. The van der Waals surface area contributed by atoms with Crippen LogP contribution in [0.5, 0.6) is 0 Å². The number of hydrogen-bond donors (Lipinski definition) is 0. The number of carbonyl (C=O) groups excluding carboxylic acids is 1. The minimum atomic E-state index is -0.167. The van der Waals surface area contributed by atoms with Gasteiger partial charge in [-0.2, -0.15) is 0 Å². The molecule has 2 aliphatic rings. The Hall–Kier alpha value is -0.450. The number of likely N-dealkylation sites (tertiary alicyclic amines) is 1. The zero-order valence-electron chi connectivity index (χ0n) is 11.7. The molecule has 0 N–H and O–H groups in total. The van der Waals surface area contributed by atoms with E-state index in [0.29, 0.717) is 6.04 Å². The molecule has 2 saturated heterocycles. The van der Waals surface area contributed by atoms with Crippen LogP contribution in [0.2, 0.25) is 0 Å². The van der Waals surface area contributed by atoms with Gasteiger partial charge in [0.25, 0.3) is 0 Å². The molecule has 0 bridgehead atoms.